The van der Waals surface area contributed by atoms with Gasteiger partial charge in [0.15, 0.2) is 0 Å². The Labute approximate surface area is 107 Å². The summed E-state index contributed by atoms with van der Waals surface area (Å²) in [7, 11) is 0. The van der Waals surface area contributed by atoms with Gasteiger partial charge in [0.1, 0.15) is 4.34 Å². The fourth-order valence-corrected chi connectivity index (χ4v) is 3.95. The zero-order valence-electron chi connectivity index (χ0n) is 10.8. The quantitative estimate of drug-likeness (QED) is 0.837. The summed E-state index contributed by atoms with van der Waals surface area (Å²) in [6, 6.07) is 0.231. The first-order valence-electron chi connectivity index (χ1n) is 5.69. The first-order valence-corrected chi connectivity index (χ1v) is 7.45. The molecule has 2 nitrogen and oxygen atoms in total. The number of aromatic nitrogens is 1. The van der Waals surface area contributed by atoms with E-state index < -0.39 is 0 Å². The second kappa shape index (κ2) is 5.52. The standard InChI is InChI=1S/C12H22N2S2/c1-6-9(13)10(12(3,4)5)16-11-14-8(2)7-15-11/h7,9-10H,6,13H2,1-5H3. The van der Waals surface area contributed by atoms with Crippen LogP contribution in [0.2, 0.25) is 0 Å². The maximum atomic E-state index is 6.21. The van der Waals surface area contributed by atoms with Crippen LogP contribution in [0.1, 0.15) is 39.8 Å². The number of thiazole rings is 1. The zero-order chi connectivity index (χ0) is 12.3. The molecule has 16 heavy (non-hydrogen) atoms. The van der Waals surface area contributed by atoms with Crippen LogP contribution >= 0.6 is 23.1 Å². The Morgan fingerprint density at radius 2 is 2.12 bits per heavy atom. The van der Waals surface area contributed by atoms with Crippen molar-refractivity contribution in [2.45, 2.75) is 56.7 Å². The monoisotopic (exact) mass is 258 g/mol. The molecule has 1 rings (SSSR count). The molecule has 0 saturated heterocycles. The van der Waals surface area contributed by atoms with Gasteiger partial charge >= 0.3 is 0 Å². The van der Waals surface area contributed by atoms with Crippen LogP contribution in [0, 0.1) is 12.3 Å². The van der Waals surface area contributed by atoms with E-state index in [0.29, 0.717) is 5.25 Å². The van der Waals surface area contributed by atoms with E-state index in [-0.39, 0.29) is 11.5 Å². The lowest BCUT2D eigenvalue weighted by Gasteiger charge is -2.33. The van der Waals surface area contributed by atoms with E-state index in [9.17, 15) is 0 Å². The van der Waals surface area contributed by atoms with Gasteiger partial charge in [-0.15, -0.1) is 11.3 Å². The summed E-state index contributed by atoms with van der Waals surface area (Å²) in [5.41, 5.74) is 7.52. The predicted molar refractivity (Wildman–Crippen MR) is 74.2 cm³/mol. The van der Waals surface area contributed by atoms with Gasteiger partial charge in [0.25, 0.3) is 0 Å². The van der Waals surface area contributed by atoms with Gasteiger partial charge in [-0.1, -0.05) is 39.5 Å². The molecule has 0 aliphatic heterocycles. The van der Waals surface area contributed by atoms with Crippen molar-refractivity contribution in [2.24, 2.45) is 11.1 Å². The Morgan fingerprint density at radius 1 is 1.50 bits per heavy atom. The SMILES string of the molecule is CCC(N)C(Sc1nc(C)cs1)C(C)(C)C. The molecule has 0 fully saturated rings. The smallest absolute Gasteiger partial charge is 0.150 e. The molecule has 0 radical (unpaired) electrons. The topological polar surface area (TPSA) is 38.9 Å². The Bertz CT molecular complexity index is 328. The molecule has 0 spiro atoms. The molecule has 2 atom stereocenters. The Balaban J connectivity index is 2.79. The minimum absolute atomic E-state index is 0.208. The van der Waals surface area contributed by atoms with Gasteiger partial charge in [0.05, 0.1) is 0 Å². The second-order valence-electron chi connectivity index (χ2n) is 5.23. The maximum Gasteiger partial charge on any atom is 0.150 e. The lowest BCUT2D eigenvalue weighted by molar-refractivity contribution is 0.350. The summed E-state index contributed by atoms with van der Waals surface area (Å²) in [4.78, 5) is 4.51. The second-order valence-corrected chi connectivity index (χ2v) is 7.48. The third-order valence-corrected chi connectivity index (χ3v) is 5.47. The predicted octanol–water partition coefficient (Wildman–Crippen LogP) is 3.70. The summed E-state index contributed by atoms with van der Waals surface area (Å²) in [5.74, 6) is 0. The van der Waals surface area contributed by atoms with Gasteiger partial charge in [-0.2, -0.15) is 0 Å². The highest BCUT2D eigenvalue weighted by atomic mass is 32.2. The molecule has 1 heterocycles. The van der Waals surface area contributed by atoms with E-state index in [2.05, 4.69) is 38.1 Å². The van der Waals surface area contributed by atoms with Crippen LogP contribution in [-0.4, -0.2) is 16.3 Å². The van der Waals surface area contributed by atoms with Crippen molar-refractivity contribution in [3.8, 4) is 0 Å². The normalized spacial score (nSPS) is 16.1. The van der Waals surface area contributed by atoms with Crippen LogP contribution in [-0.2, 0) is 0 Å². The summed E-state index contributed by atoms with van der Waals surface area (Å²) in [6.07, 6.45) is 1.01. The number of nitrogens with two attached hydrogens (primary N) is 1. The number of thioether (sulfide) groups is 1. The number of nitrogens with zero attached hydrogens (tertiary/aromatic N) is 1. The molecule has 0 saturated carbocycles. The highest BCUT2D eigenvalue weighted by Crippen LogP contribution is 2.38. The van der Waals surface area contributed by atoms with Crippen molar-refractivity contribution >= 4 is 23.1 Å². The van der Waals surface area contributed by atoms with E-state index in [0.717, 1.165) is 16.5 Å². The first-order chi connectivity index (χ1) is 7.34. The molecule has 1 aromatic heterocycles. The number of hydrogen-bond donors (Lipinski definition) is 1. The minimum Gasteiger partial charge on any atom is -0.327 e. The lowest BCUT2D eigenvalue weighted by Crippen LogP contribution is -2.40. The van der Waals surface area contributed by atoms with E-state index in [4.69, 9.17) is 5.73 Å². The van der Waals surface area contributed by atoms with Crippen LogP contribution in [0.15, 0.2) is 9.72 Å². The average Bonchev–Trinajstić information content (AvgIpc) is 2.57. The lowest BCUT2D eigenvalue weighted by atomic mass is 9.87. The van der Waals surface area contributed by atoms with Gasteiger partial charge in [0, 0.05) is 22.4 Å². The fraction of sp³-hybridized carbons (Fsp3) is 0.750. The molecule has 0 bridgehead atoms. The molecule has 2 unspecified atom stereocenters. The third-order valence-electron chi connectivity index (χ3n) is 2.54. The van der Waals surface area contributed by atoms with Gasteiger partial charge in [-0.05, 0) is 18.8 Å². The van der Waals surface area contributed by atoms with Crippen LogP contribution in [0.5, 0.6) is 0 Å². The van der Waals surface area contributed by atoms with Crippen molar-refractivity contribution in [3.05, 3.63) is 11.1 Å². The number of hydrogen-bond acceptors (Lipinski definition) is 4. The van der Waals surface area contributed by atoms with E-state index in [1.807, 2.05) is 18.7 Å². The molecule has 0 aliphatic rings. The summed E-state index contributed by atoms with van der Waals surface area (Å²) < 4.78 is 1.14. The van der Waals surface area contributed by atoms with Gasteiger partial charge in [0.2, 0.25) is 0 Å². The molecule has 2 N–H and O–H groups in total. The molecular weight excluding hydrogens is 236 g/mol. The minimum atomic E-state index is 0.208. The van der Waals surface area contributed by atoms with Crippen molar-refractivity contribution in [2.75, 3.05) is 0 Å². The Morgan fingerprint density at radius 3 is 2.50 bits per heavy atom. The van der Waals surface area contributed by atoms with E-state index in [1.165, 1.54) is 0 Å². The molecule has 4 heteroatoms. The number of rotatable bonds is 4. The van der Waals surface area contributed by atoms with Gasteiger partial charge < -0.3 is 5.73 Å². The third kappa shape index (κ3) is 3.75. The summed E-state index contributed by atoms with van der Waals surface area (Å²) in [5, 5.41) is 2.52. The molecule has 1 aromatic rings. The van der Waals surface area contributed by atoms with Gasteiger partial charge in [-0.3, -0.25) is 0 Å². The van der Waals surface area contributed by atoms with Gasteiger partial charge in [-0.25, -0.2) is 4.98 Å². The van der Waals surface area contributed by atoms with E-state index >= 15 is 0 Å². The highest BCUT2D eigenvalue weighted by Gasteiger charge is 2.31. The average molecular weight is 258 g/mol. The molecule has 0 amide bonds. The van der Waals surface area contributed by atoms with E-state index in [1.54, 1.807) is 11.3 Å². The largest absolute Gasteiger partial charge is 0.327 e. The first kappa shape index (κ1) is 14.0. The Kier molecular flexibility index (Phi) is 4.83. The van der Waals surface area contributed by atoms with Crippen LogP contribution < -0.4 is 5.73 Å². The van der Waals surface area contributed by atoms with Crippen LogP contribution in [0.25, 0.3) is 0 Å². The fourth-order valence-electron chi connectivity index (χ4n) is 1.62. The van der Waals surface area contributed by atoms with Crippen molar-refractivity contribution in [1.29, 1.82) is 0 Å². The van der Waals surface area contributed by atoms with Crippen LogP contribution in [0.3, 0.4) is 0 Å². The molecule has 92 valence electrons. The highest BCUT2D eigenvalue weighted by molar-refractivity contribution is 8.01. The molecule has 0 aromatic carbocycles. The molecule has 0 aliphatic carbocycles. The summed E-state index contributed by atoms with van der Waals surface area (Å²) in [6.45, 7) is 10.9. The van der Waals surface area contributed by atoms with Crippen molar-refractivity contribution in [3.63, 3.8) is 0 Å². The summed E-state index contributed by atoms with van der Waals surface area (Å²) >= 11 is 3.55. The van der Waals surface area contributed by atoms with Crippen molar-refractivity contribution in [1.82, 2.24) is 4.98 Å². The number of aryl methyl sites for hydroxylation is 1. The van der Waals surface area contributed by atoms with Crippen molar-refractivity contribution < 1.29 is 0 Å². The maximum absolute atomic E-state index is 6.21. The molecular formula is C12H22N2S2. The zero-order valence-corrected chi connectivity index (χ0v) is 12.4. The Hall–Kier alpha value is -0.0600. The van der Waals surface area contributed by atoms with Crippen LogP contribution in [0.4, 0.5) is 0 Å².